The van der Waals surface area contributed by atoms with Gasteiger partial charge in [0.1, 0.15) is 5.01 Å². The topological polar surface area (TPSA) is 50.3 Å². The quantitative estimate of drug-likeness (QED) is 0.597. The summed E-state index contributed by atoms with van der Waals surface area (Å²) in [5, 5.41) is 0.914. The average molecular weight is 378 g/mol. The number of aryl methyl sites for hydroxylation is 2. The lowest BCUT2D eigenvalue weighted by atomic mass is 10.0. The minimum absolute atomic E-state index is 0.0243. The second-order valence-electron chi connectivity index (χ2n) is 7.09. The van der Waals surface area contributed by atoms with Crippen LogP contribution in [0, 0.1) is 0 Å². The van der Waals surface area contributed by atoms with E-state index in [4.69, 9.17) is 0 Å². The molecule has 4 nitrogen and oxygen atoms in total. The Kier molecular flexibility index (Phi) is 5.03. The number of amides is 1. The van der Waals surface area contributed by atoms with Crippen molar-refractivity contribution in [1.29, 1.82) is 0 Å². The Morgan fingerprint density at radius 1 is 1.07 bits per heavy atom. The standard InChI is InChI=1S/C22H22N2O2S/c1-24(14-21-23-18-7-2-3-8-20(18)27-21)22(26)12-11-19(25)17-10-9-15-5-4-6-16(15)13-17/h2-3,7-10,13H,4-6,11-12,14H2,1H3. The lowest BCUT2D eigenvalue weighted by molar-refractivity contribution is -0.130. The molecule has 0 radical (unpaired) electrons. The summed E-state index contributed by atoms with van der Waals surface area (Å²) < 4.78 is 1.13. The Hall–Kier alpha value is -2.53. The molecule has 27 heavy (non-hydrogen) atoms. The van der Waals surface area contributed by atoms with Crippen molar-refractivity contribution in [2.45, 2.75) is 38.6 Å². The molecule has 1 heterocycles. The minimum atomic E-state index is -0.0243. The Labute approximate surface area is 162 Å². The molecule has 4 rings (SSSR count). The molecular weight excluding hydrogens is 356 g/mol. The molecule has 3 aromatic rings. The van der Waals surface area contributed by atoms with Crippen molar-refractivity contribution in [2.75, 3.05) is 7.05 Å². The lowest BCUT2D eigenvalue weighted by Crippen LogP contribution is -2.26. The summed E-state index contributed by atoms with van der Waals surface area (Å²) in [6.07, 6.45) is 3.82. The van der Waals surface area contributed by atoms with Crippen LogP contribution in [0.4, 0.5) is 0 Å². The van der Waals surface area contributed by atoms with E-state index in [-0.39, 0.29) is 24.5 Å². The maximum absolute atomic E-state index is 12.5. The van der Waals surface area contributed by atoms with E-state index >= 15 is 0 Å². The molecule has 0 saturated carbocycles. The summed E-state index contributed by atoms with van der Waals surface area (Å²) in [6.45, 7) is 0.477. The van der Waals surface area contributed by atoms with Crippen molar-refractivity contribution in [1.82, 2.24) is 9.88 Å². The van der Waals surface area contributed by atoms with Crippen molar-refractivity contribution >= 4 is 33.2 Å². The first-order valence-corrected chi connectivity index (χ1v) is 10.2. The third-order valence-electron chi connectivity index (χ3n) is 5.12. The first-order chi connectivity index (χ1) is 13.1. The number of fused-ring (bicyclic) bond motifs is 2. The fourth-order valence-corrected chi connectivity index (χ4v) is 4.60. The first kappa shape index (κ1) is 17.9. The van der Waals surface area contributed by atoms with Crippen LogP contribution in [-0.4, -0.2) is 28.6 Å². The molecule has 0 saturated heterocycles. The van der Waals surface area contributed by atoms with Gasteiger partial charge in [-0.25, -0.2) is 4.98 Å². The molecule has 1 aliphatic rings. The number of para-hydroxylation sites is 1. The molecule has 5 heteroatoms. The number of ketones is 1. The van der Waals surface area contributed by atoms with Crippen molar-refractivity contribution < 1.29 is 9.59 Å². The minimum Gasteiger partial charge on any atom is -0.339 e. The van der Waals surface area contributed by atoms with Gasteiger partial charge in [0.2, 0.25) is 5.91 Å². The molecule has 0 bridgehead atoms. The fourth-order valence-electron chi connectivity index (χ4n) is 3.58. The monoisotopic (exact) mass is 378 g/mol. The molecule has 0 spiro atoms. The summed E-state index contributed by atoms with van der Waals surface area (Å²) in [5.41, 5.74) is 4.35. The van der Waals surface area contributed by atoms with Gasteiger partial charge in [0.05, 0.1) is 16.8 Å². The summed E-state index contributed by atoms with van der Waals surface area (Å²) >= 11 is 1.60. The highest BCUT2D eigenvalue weighted by Gasteiger charge is 2.17. The van der Waals surface area contributed by atoms with Gasteiger partial charge in [-0.15, -0.1) is 11.3 Å². The van der Waals surface area contributed by atoms with E-state index in [0.717, 1.165) is 33.6 Å². The number of nitrogens with zero attached hydrogens (tertiary/aromatic N) is 2. The van der Waals surface area contributed by atoms with E-state index in [0.29, 0.717) is 6.54 Å². The molecular formula is C22H22N2O2S. The van der Waals surface area contributed by atoms with E-state index in [2.05, 4.69) is 11.1 Å². The zero-order valence-electron chi connectivity index (χ0n) is 15.4. The maximum atomic E-state index is 12.5. The average Bonchev–Trinajstić information content (AvgIpc) is 3.30. The number of aromatic nitrogens is 1. The van der Waals surface area contributed by atoms with Gasteiger partial charge in [0, 0.05) is 25.5 Å². The fraction of sp³-hybridized carbons (Fsp3) is 0.318. The van der Waals surface area contributed by atoms with E-state index in [9.17, 15) is 9.59 Å². The summed E-state index contributed by atoms with van der Waals surface area (Å²) in [4.78, 5) is 31.1. The highest BCUT2D eigenvalue weighted by Crippen LogP contribution is 2.24. The number of rotatable bonds is 6. The number of Topliss-reactive ketones (excluding diaryl/α,β-unsaturated/α-hetero) is 1. The highest BCUT2D eigenvalue weighted by atomic mass is 32.1. The predicted molar refractivity (Wildman–Crippen MR) is 108 cm³/mol. The largest absolute Gasteiger partial charge is 0.339 e. The number of hydrogen-bond acceptors (Lipinski definition) is 4. The highest BCUT2D eigenvalue weighted by molar-refractivity contribution is 7.18. The van der Waals surface area contributed by atoms with Crippen LogP contribution in [-0.2, 0) is 24.2 Å². The number of benzene rings is 2. The van der Waals surface area contributed by atoms with Crippen LogP contribution in [0.3, 0.4) is 0 Å². The van der Waals surface area contributed by atoms with E-state index < -0.39 is 0 Å². The third-order valence-corrected chi connectivity index (χ3v) is 6.14. The predicted octanol–water partition coefficient (Wildman–Crippen LogP) is 4.41. The SMILES string of the molecule is CN(Cc1nc2ccccc2s1)C(=O)CCC(=O)c1ccc2c(c1)CCC2. The smallest absolute Gasteiger partial charge is 0.223 e. The van der Waals surface area contributed by atoms with Crippen molar-refractivity contribution in [3.8, 4) is 0 Å². The molecule has 0 N–H and O–H groups in total. The Bertz CT molecular complexity index is 975. The zero-order valence-corrected chi connectivity index (χ0v) is 16.2. The second-order valence-corrected chi connectivity index (χ2v) is 8.20. The van der Waals surface area contributed by atoms with Crippen molar-refractivity contribution in [2.24, 2.45) is 0 Å². The van der Waals surface area contributed by atoms with Gasteiger partial charge in [-0.2, -0.15) is 0 Å². The van der Waals surface area contributed by atoms with Crippen LogP contribution in [0.15, 0.2) is 42.5 Å². The third kappa shape index (κ3) is 3.93. The first-order valence-electron chi connectivity index (χ1n) is 9.33. The molecule has 2 aromatic carbocycles. The van der Waals surface area contributed by atoms with Crippen LogP contribution in [0.1, 0.15) is 45.8 Å². The second kappa shape index (κ2) is 7.61. The molecule has 0 atom stereocenters. The number of carbonyl (C=O) groups is 2. The van der Waals surface area contributed by atoms with Crippen molar-refractivity contribution in [3.63, 3.8) is 0 Å². The summed E-state index contributed by atoms with van der Waals surface area (Å²) in [6, 6.07) is 14.0. The van der Waals surface area contributed by atoms with Gasteiger partial charge in [-0.1, -0.05) is 24.3 Å². The van der Waals surface area contributed by atoms with Gasteiger partial charge in [-0.05, 0) is 48.6 Å². The number of hydrogen-bond donors (Lipinski definition) is 0. The summed E-state index contributed by atoms with van der Waals surface area (Å²) in [7, 11) is 1.77. The molecule has 0 fully saturated rings. The van der Waals surface area contributed by atoms with Crippen LogP contribution in [0.2, 0.25) is 0 Å². The molecule has 138 valence electrons. The van der Waals surface area contributed by atoms with E-state index in [1.807, 2.05) is 36.4 Å². The molecule has 0 aliphatic heterocycles. The van der Waals surface area contributed by atoms with Gasteiger partial charge in [0.25, 0.3) is 0 Å². The van der Waals surface area contributed by atoms with E-state index in [1.54, 1.807) is 23.3 Å². The van der Waals surface area contributed by atoms with Gasteiger partial charge < -0.3 is 4.90 Å². The Balaban J connectivity index is 1.33. The van der Waals surface area contributed by atoms with Crippen LogP contribution in [0.5, 0.6) is 0 Å². The molecule has 1 aromatic heterocycles. The normalized spacial score (nSPS) is 12.9. The zero-order chi connectivity index (χ0) is 18.8. The molecule has 1 amide bonds. The van der Waals surface area contributed by atoms with Crippen LogP contribution >= 0.6 is 11.3 Å². The van der Waals surface area contributed by atoms with E-state index in [1.165, 1.54) is 17.5 Å². The Morgan fingerprint density at radius 3 is 2.74 bits per heavy atom. The molecule has 0 unspecified atom stereocenters. The maximum Gasteiger partial charge on any atom is 0.223 e. The Morgan fingerprint density at radius 2 is 1.89 bits per heavy atom. The van der Waals surface area contributed by atoms with Gasteiger partial charge in [0.15, 0.2) is 5.78 Å². The van der Waals surface area contributed by atoms with Crippen molar-refractivity contribution in [3.05, 3.63) is 64.2 Å². The van der Waals surface area contributed by atoms with Crippen LogP contribution in [0.25, 0.3) is 10.2 Å². The lowest BCUT2D eigenvalue weighted by Gasteiger charge is -2.15. The van der Waals surface area contributed by atoms with Gasteiger partial charge in [-0.3, -0.25) is 9.59 Å². The van der Waals surface area contributed by atoms with Crippen LogP contribution < -0.4 is 0 Å². The number of carbonyl (C=O) groups excluding carboxylic acids is 2. The molecule has 1 aliphatic carbocycles. The van der Waals surface area contributed by atoms with Gasteiger partial charge >= 0.3 is 0 Å². The summed E-state index contributed by atoms with van der Waals surface area (Å²) in [5.74, 6) is 0.0233. The number of thiazole rings is 1.